The Morgan fingerprint density at radius 1 is 0.958 bits per heavy atom. The third-order valence-corrected chi connectivity index (χ3v) is 4.63. The van der Waals surface area contributed by atoms with Crippen LogP contribution < -0.4 is 0 Å². The minimum Gasteiger partial charge on any atom is -0.331 e. The highest BCUT2D eigenvalue weighted by molar-refractivity contribution is 5.17. The predicted molar refractivity (Wildman–Crippen MR) is 95.3 cm³/mol. The quantitative estimate of drug-likeness (QED) is 0.359. The summed E-state index contributed by atoms with van der Waals surface area (Å²) >= 11 is 0. The molecule has 0 bridgehead atoms. The summed E-state index contributed by atoms with van der Waals surface area (Å²) in [6.07, 6.45) is 8.93. The number of hydrogen-bond donors (Lipinski definition) is 0. The Morgan fingerprint density at radius 2 is 1.58 bits per heavy atom. The van der Waals surface area contributed by atoms with Gasteiger partial charge in [-0.25, -0.2) is 4.39 Å². The van der Waals surface area contributed by atoms with Crippen molar-refractivity contribution in [2.75, 3.05) is 21.3 Å². The Labute approximate surface area is 146 Å². The van der Waals surface area contributed by atoms with Crippen molar-refractivity contribution in [3.63, 3.8) is 0 Å². The van der Waals surface area contributed by atoms with Crippen LogP contribution in [0, 0.1) is 11.7 Å². The molecule has 0 radical (unpaired) electrons. The van der Waals surface area contributed by atoms with E-state index in [0.717, 1.165) is 18.4 Å². The first-order valence-electron chi connectivity index (χ1n) is 9.01. The predicted octanol–water partition coefficient (Wildman–Crippen LogP) is 5.33. The monoisotopic (exact) mass is 340 g/mol. The van der Waals surface area contributed by atoms with E-state index < -0.39 is 5.97 Å². The van der Waals surface area contributed by atoms with Gasteiger partial charge in [-0.05, 0) is 30.5 Å². The zero-order valence-electron chi connectivity index (χ0n) is 15.6. The third kappa shape index (κ3) is 6.50. The minimum absolute atomic E-state index is 0.00507. The van der Waals surface area contributed by atoms with Crippen LogP contribution in [0.2, 0.25) is 0 Å². The van der Waals surface area contributed by atoms with Crippen LogP contribution in [-0.4, -0.2) is 27.3 Å². The van der Waals surface area contributed by atoms with Gasteiger partial charge in [0.1, 0.15) is 5.82 Å². The lowest BCUT2D eigenvalue weighted by molar-refractivity contribution is -0.379. The second kappa shape index (κ2) is 11.6. The topological polar surface area (TPSA) is 27.7 Å². The molecule has 138 valence electrons. The lowest BCUT2D eigenvalue weighted by Crippen LogP contribution is -2.45. The van der Waals surface area contributed by atoms with Gasteiger partial charge in [-0.1, -0.05) is 57.6 Å². The number of ether oxygens (including phenoxy) is 3. The summed E-state index contributed by atoms with van der Waals surface area (Å²) in [5.74, 6) is -1.30. The third-order valence-electron chi connectivity index (χ3n) is 4.63. The molecule has 0 aliphatic carbocycles. The van der Waals surface area contributed by atoms with Crippen LogP contribution in [0.5, 0.6) is 0 Å². The van der Waals surface area contributed by atoms with Gasteiger partial charge >= 0.3 is 0 Å². The molecule has 0 N–H and O–H groups in total. The molecule has 0 aliphatic heterocycles. The van der Waals surface area contributed by atoms with E-state index in [1.54, 1.807) is 33.5 Å². The van der Waals surface area contributed by atoms with E-state index in [-0.39, 0.29) is 11.7 Å². The van der Waals surface area contributed by atoms with E-state index in [0.29, 0.717) is 6.42 Å². The zero-order chi connectivity index (χ0) is 17.8. The molecule has 3 nitrogen and oxygen atoms in total. The van der Waals surface area contributed by atoms with Gasteiger partial charge in [0.2, 0.25) is 0 Å². The number of benzene rings is 1. The van der Waals surface area contributed by atoms with Crippen LogP contribution in [0.25, 0.3) is 0 Å². The molecule has 0 heterocycles. The molecule has 0 amide bonds. The van der Waals surface area contributed by atoms with Gasteiger partial charge in [-0.3, -0.25) is 0 Å². The normalized spacial score (nSPS) is 13.2. The van der Waals surface area contributed by atoms with Crippen molar-refractivity contribution in [2.45, 2.75) is 64.3 Å². The molecule has 1 atom stereocenters. The highest BCUT2D eigenvalue weighted by atomic mass is 19.1. The fourth-order valence-corrected chi connectivity index (χ4v) is 3.27. The van der Waals surface area contributed by atoms with Crippen molar-refractivity contribution in [1.29, 1.82) is 0 Å². The molecule has 1 rings (SSSR count). The summed E-state index contributed by atoms with van der Waals surface area (Å²) in [6, 6.07) is 6.70. The van der Waals surface area contributed by atoms with E-state index >= 15 is 0 Å². The van der Waals surface area contributed by atoms with Crippen LogP contribution in [0.15, 0.2) is 24.3 Å². The van der Waals surface area contributed by atoms with Crippen LogP contribution >= 0.6 is 0 Å². The minimum atomic E-state index is -1.09. The van der Waals surface area contributed by atoms with Crippen LogP contribution in [0.1, 0.15) is 57.4 Å². The van der Waals surface area contributed by atoms with Crippen molar-refractivity contribution in [3.8, 4) is 0 Å². The van der Waals surface area contributed by atoms with E-state index in [2.05, 4.69) is 6.92 Å². The molecule has 0 fully saturated rings. The maximum Gasteiger partial charge on any atom is 0.285 e. The van der Waals surface area contributed by atoms with Crippen molar-refractivity contribution < 1.29 is 18.6 Å². The molecule has 1 aromatic rings. The van der Waals surface area contributed by atoms with Gasteiger partial charge in [0.05, 0.1) is 0 Å². The molecular weight excluding hydrogens is 307 g/mol. The van der Waals surface area contributed by atoms with E-state index in [4.69, 9.17) is 14.2 Å². The van der Waals surface area contributed by atoms with Crippen molar-refractivity contribution in [2.24, 2.45) is 5.92 Å². The van der Waals surface area contributed by atoms with Gasteiger partial charge in [0.15, 0.2) is 0 Å². The average Bonchev–Trinajstić information content (AvgIpc) is 2.59. The van der Waals surface area contributed by atoms with Crippen molar-refractivity contribution in [3.05, 3.63) is 35.6 Å². The first kappa shape index (κ1) is 21.1. The standard InChI is InChI=1S/C20H33FO3/c1-5-6-7-8-9-10-13-18(20(22-2,23-3)24-4)15-17-12-11-14-19(21)16-17/h11-12,14,16,18H,5-10,13,15H2,1-4H3. The lowest BCUT2D eigenvalue weighted by atomic mass is 9.91. The zero-order valence-corrected chi connectivity index (χ0v) is 15.6. The summed E-state index contributed by atoms with van der Waals surface area (Å²) in [4.78, 5) is 0. The van der Waals surface area contributed by atoms with E-state index in [1.807, 2.05) is 6.07 Å². The largest absolute Gasteiger partial charge is 0.331 e. The maximum absolute atomic E-state index is 13.5. The summed E-state index contributed by atoms with van der Waals surface area (Å²) < 4.78 is 30.2. The summed E-state index contributed by atoms with van der Waals surface area (Å²) in [5, 5.41) is 0. The maximum atomic E-state index is 13.5. The molecule has 0 saturated heterocycles. The van der Waals surface area contributed by atoms with Crippen LogP contribution in [-0.2, 0) is 20.6 Å². The summed E-state index contributed by atoms with van der Waals surface area (Å²) in [7, 11) is 4.77. The summed E-state index contributed by atoms with van der Waals surface area (Å²) in [6.45, 7) is 2.22. The number of halogens is 1. The highest BCUT2D eigenvalue weighted by Crippen LogP contribution is 2.31. The first-order valence-corrected chi connectivity index (χ1v) is 9.01. The fraction of sp³-hybridized carbons (Fsp3) is 0.700. The second-order valence-electron chi connectivity index (χ2n) is 6.30. The molecule has 4 heteroatoms. The molecule has 0 spiro atoms. The molecule has 0 saturated carbocycles. The molecule has 24 heavy (non-hydrogen) atoms. The molecular formula is C20H33FO3. The molecule has 1 aromatic carbocycles. The van der Waals surface area contributed by atoms with E-state index in [9.17, 15) is 4.39 Å². The SMILES string of the molecule is CCCCCCCCC(Cc1cccc(F)c1)C(OC)(OC)OC. The van der Waals surface area contributed by atoms with Crippen LogP contribution in [0.4, 0.5) is 4.39 Å². The van der Waals surface area contributed by atoms with Gasteiger partial charge in [0.25, 0.3) is 5.97 Å². The van der Waals surface area contributed by atoms with Crippen molar-refractivity contribution >= 4 is 0 Å². The molecule has 1 unspecified atom stereocenters. The van der Waals surface area contributed by atoms with Gasteiger partial charge in [-0.2, -0.15) is 0 Å². The number of methoxy groups -OCH3 is 3. The number of rotatable bonds is 13. The van der Waals surface area contributed by atoms with Crippen LogP contribution in [0.3, 0.4) is 0 Å². The Bertz CT molecular complexity index is 438. The van der Waals surface area contributed by atoms with Gasteiger partial charge < -0.3 is 14.2 Å². The lowest BCUT2D eigenvalue weighted by Gasteiger charge is -2.36. The average molecular weight is 340 g/mol. The van der Waals surface area contributed by atoms with Gasteiger partial charge in [-0.15, -0.1) is 0 Å². The number of unbranched alkanes of at least 4 members (excludes halogenated alkanes) is 5. The highest BCUT2D eigenvalue weighted by Gasteiger charge is 2.39. The molecule has 0 aromatic heterocycles. The molecule has 0 aliphatic rings. The Balaban J connectivity index is 2.72. The van der Waals surface area contributed by atoms with Gasteiger partial charge in [0, 0.05) is 27.2 Å². The fourth-order valence-electron chi connectivity index (χ4n) is 3.27. The van der Waals surface area contributed by atoms with Crippen molar-refractivity contribution in [1.82, 2.24) is 0 Å². The Kier molecular flexibility index (Phi) is 10.2. The Morgan fingerprint density at radius 3 is 2.17 bits per heavy atom. The first-order chi connectivity index (χ1) is 11.6. The smallest absolute Gasteiger partial charge is 0.285 e. The Hall–Kier alpha value is -0.970. The van der Waals surface area contributed by atoms with E-state index in [1.165, 1.54) is 38.2 Å². The summed E-state index contributed by atoms with van der Waals surface area (Å²) in [5.41, 5.74) is 0.932. The second-order valence-corrected chi connectivity index (χ2v) is 6.30. The number of hydrogen-bond acceptors (Lipinski definition) is 3.